The summed E-state index contributed by atoms with van der Waals surface area (Å²) in [5, 5.41) is 3.31. The fourth-order valence-corrected chi connectivity index (χ4v) is 4.30. The predicted octanol–water partition coefficient (Wildman–Crippen LogP) is 2.82. The number of anilines is 1. The van der Waals surface area contributed by atoms with Crippen molar-refractivity contribution >= 4 is 11.7 Å². The summed E-state index contributed by atoms with van der Waals surface area (Å²) in [4.78, 5) is 16.8. The number of nitrogens with zero attached hydrogens (tertiary/aromatic N) is 1. The van der Waals surface area contributed by atoms with Crippen LogP contribution in [0, 0.1) is 12.3 Å². The molecule has 150 valence electrons. The number of nitrogens with two attached hydrogens (primary N) is 2. The number of hydrogen-bond donors (Lipinski definition) is 3. The molecule has 0 saturated heterocycles. The third-order valence-corrected chi connectivity index (χ3v) is 6.10. The van der Waals surface area contributed by atoms with Crippen molar-refractivity contribution in [2.24, 2.45) is 11.1 Å². The van der Waals surface area contributed by atoms with E-state index in [2.05, 4.69) is 16.4 Å². The van der Waals surface area contributed by atoms with Gasteiger partial charge in [-0.3, -0.25) is 4.79 Å². The third kappa shape index (κ3) is 3.97. The number of methoxy groups -OCH3 is 1. The molecule has 1 heterocycles. The molecule has 3 rings (SSSR count). The number of ether oxygens (including phenoxy) is 1. The maximum atomic E-state index is 12.5. The average molecular weight is 383 g/mol. The Balaban J connectivity index is 1.97. The van der Waals surface area contributed by atoms with E-state index in [4.69, 9.17) is 16.2 Å². The molecule has 0 unspecified atom stereocenters. The summed E-state index contributed by atoms with van der Waals surface area (Å²) in [6.45, 7) is 1.94. The second kappa shape index (κ2) is 8.19. The van der Waals surface area contributed by atoms with E-state index in [1.54, 1.807) is 13.2 Å². The summed E-state index contributed by atoms with van der Waals surface area (Å²) in [5.41, 5.74) is 15.1. The molecule has 1 aliphatic rings. The van der Waals surface area contributed by atoms with Crippen molar-refractivity contribution in [3.63, 3.8) is 0 Å². The van der Waals surface area contributed by atoms with Crippen LogP contribution in [-0.4, -0.2) is 31.1 Å². The summed E-state index contributed by atoms with van der Waals surface area (Å²) in [6.07, 6.45) is 4.04. The number of hydrogen-bond acceptors (Lipinski definition) is 5. The van der Waals surface area contributed by atoms with Gasteiger partial charge in [-0.15, -0.1) is 0 Å². The molecule has 0 aliphatic heterocycles. The number of carbonyl (C=O) groups is 1. The van der Waals surface area contributed by atoms with Crippen LogP contribution in [0.3, 0.4) is 0 Å². The molecule has 6 heteroatoms. The molecule has 0 radical (unpaired) electrons. The van der Waals surface area contributed by atoms with Crippen molar-refractivity contribution in [2.75, 3.05) is 19.9 Å². The average Bonchev–Trinajstić information content (AvgIpc) is 2.68. The number of aromatic nitrogens is 1. The van der Waals surface area contributed by atoms with Crippen molar-refractivity contribution in [1.29, 1.82) is 0 Å². The number of rotatable bonds is 6. The van der Waals surface area contributed by atoms with Crippen LogP contribution < -0.4 is 21.5 Å². The summed E-state index contributed by atoms with van der Waals surface area (Å²) in [7, 11) is 3.63. The lowest BCUT2D eigenvalue weighted by Crippen LogP contribution is -2.45. The van der Waals surface area contributed by atoms with Crippen LogP contribution in [-0.2, 0) is 11.2 Å². The van der Waals surface area contributed by atoms with Gasteiger partial charge in [0, 0.05) is 17.3 Å². The minimum atomic E-state index is -0.534. The zero-order valence-corrected chi connectivity index (χ0v) is 16.9. The highest BCUT2D eigenvalue weighted by Crippen LogP contribution is 2.41. The Morgan fingerprint density at radius 1 is 1.29 bits per heavy atom. The highest BCUT2D eigenvalue weighted by atomic mass is 16.5. The van der Waals surface area contributed by atoms with Gasteiger partial charge in [-0.1, -0.05) is 6.07 Å². The first-order valence-electron chi connectivity index (χ1n) is 9.76. The number of primary amides is 1. The Morgan fingerprint density at radius 3 is 2.57 bits per heavy atom. The Kier molecular flexibility index (Phi) is 5.89. The molecule has 0 atom stereocenters. The van der Waals surface area contributed by atoms with E-state index in [0.29, 0.717) is 18.3 Å². The molecule has 1 aromatic carbocycles. The molecule has 28 heavy (non-hydrogen) atoms. The van der Waals surface area contributed by atoms with E-state index in [9.17, 15) is 4.79 Å². The minimum Gasteiger partial charge on any atom is -0.496 e. The Morgan fingerprint density at radius 2 is 2.00 bits per heavy atom. The molecule has 2 aromatic rings. The quantitative estimate of drug-likeness (QED) is 0.713. The largest absolute Gasteiger partial charge is 0.496 e. The van der Waals surface area contributed by atoms with E-state index in [0.717, 1.165) is 53.8 Å². The molecule has 5 N–H and O–H groups in total. The monoisotopic (exact) mass is 382 g/mol. The number of amides is 1. The van der Waals surface area contributed by atoms with Crippen molar-refractivity contribution in [1.82, 2.24) is 10.3 Å². The van der Waals surface area contributed by atoms with E-state index < -0.39 is 5.41 Å². The van der Waals surface area contributed by atoms with Crippen LogP contribution in [0.15, 0.2) is 30.3 Å². The summed E-state index contributed by atoms with van der Waals surface area (Å²) in [5.74, 6) is 1.06. The number of nitrogens with one attached hydrogen (secondary N) is 1. The SMILES string of the molecule is CNC1CCC(Cc2cc(-c3ccc(N)nc3C)ccc2OC)(C(N)=O)CC1. The molecular weight excluding hydrogens is 352 g/mol. The zero-order chi connectivity index (χ0) is 20.3. The normalized spacial score (nSPS) is 22.0. The first-order valence-corrected chi connectivity index (χ1v) is 9.76. The summed E-state index contributed by atoms with van der Waals surface area (Å²) >= 11 is 0. The first kappa shape index (κ1) is 20.1. The number of nitrogen functional groups attached to an aromatic ring is 1. The molecule has 1 fully saturated rings. The summed E-state index contributed by atoms with van der Waals surface area (Å²) in [6, 6.07) is 10.3. The van der Waals surface area contributed by atoms with Crippen LogP contribution in [0.2, 0.25) is 0 Å². The number of pyridine rings is 1. The van der Waals surface area contributed by atoms with Crippen molar-refractivity contribution in [3.8, 4) is 16.9 Å². The lowest BCUT2D eigenvalue weighted by molar-refractivity contribution is -0.129. The fraction of sp³-hybridized carbons (Fsp3) is 0.455. The Labute approximate surface area is 166 Å². The fourth-order valence-electron chi connectivity index (χ4n) is 4.30. The van der Waals surface area contributed by atoms with Crippen molar-refractivity contribution < 1.29 is 9.53 Å². The van der Waals surface area contributed by atoms with Gasteiger partial charge in [0.2, 0.25) is 5.91 Å². The number of aryl methyl sites for hydroxylation is 1. The van der Waals surface area contributed by atoms with Gasteiger partial charge in [-0.05, 0) is 81.5 Å². The van der Waals surface area contributed by atoms with E-state index >= 15 is 0 Å². The van der Waals surface area contributed by atoms with E-state index in [1.807, 2.05) is 32.2 Å². The maximum Gasteiger partial charge on any atom is 0.223 e. The minimum absolute atomic E-state index is 0.222. The zero-order valence-electron chi connectivity index (χ0n) is 16.9. The van der Waals surface area contributed by atoms with Crippen molar-refractivity contribution in [3.05, 3.63) is 41.6 Å². The second-order valence-corrected chi connectivity index (χ2v) is 7.78. The molecule has 1 amide bonds. The van der Waals surface area contributed by atoms with Crippen LogP contribution in [0.1, 0.15) is 36.9 Å². The van der Waals surface area contributed by atoms with Crippen LogP contribution in [0.5, 0.6) is 5.75 Å². The van der Waals surface area contributed by atoms with E-state index in [1.165, 1.54) is 0 Å². The molecule has 0 spiro atoms. The molecule has 1 aromatic heterocycles. The van der Waals surface area contributed by atoms with Crippen LogP contribution in [0.25, 0.3) is 11.1 Å². The number of benzene rings is 1. The maximum absolute atomic E-state index is 12.5. The smallest absolute Gasteiger partial charge is 0.223 e. The van der Waals surface area contributed by atoms with Crippen molar-refractivity contribution in [2.45, 2.75) is 45.1 Å². The van der Waals surface area contributed by atoms with E-state index in [-0.39, 0.29) is 5.91 Å². The van der Waals surface area contributed by atoms with Crippen LogP contribution >= 0.6 is 0 Å². The topological polar surface area (TPSA) is 103 Å². The van der Waals surface area contributed by atoms with Gasteiger partial charge in [0.25, 0.3) is 0 Å². The molecule has 1 saturated carbocycles. The number of carbonyl (C=O) groups excluding carboxylic acids is 1. The third-order valence-electron chi connectivity index (χ3n) is 6.10. The molecule has 0 bridgehead atoms. The predicted molar refractivity (Wildman–Crippen MR) is 112 cm³/mol. The van der Waals surface area contributed by atoms with Gasteiger partial charge in [-0.2, -0.15) is 0 Å². The van der Waals surface area contributed by atoms with Gasteiger partial charge in [-0.25, -0.2) is 4.98 Å². The van der Waals surface area contributed by atoms with Crippen LogP contribution in [0.4, 0.5) is 5.82 Å². The first-order chi connectivity index (χ1) is 13.4. The second-order valence-electron chi connectivity index (χ2n) is 7.78. The van der Waals surface area contributed by atoms with Gasteiger partial charge < -0.3 is 21.5 Å². The van der Waals surface area contributed by atoms with Gasteiger partial charge in [0.15, 0.2) is 0 Å². The molecule has 6 nitrogen and oxygen atoms in total. The Bertz CT molecular complexity index is 858. The van der Waals surface area contributed by atoms with Gasteiger partial charge in [0.1, 0.15) is 11.6 Å². The van der Waals surface area contributed by atoms with Gasteiger partial charge >= 0.3 is 0 Å². The highest BCUT2D eigenvalue weighted by molar-refractivity contribution is 5.81. The standard InChI is InChI=1S/C22H30N4O2/c1-14-18(5-7-20(23)26-14)15-4-6-19(28-3)16(12-15)13-22(21(24)27)10-8-17(25-2)9-11-22/h4-7,12,17,25H,8-11,13H2,1-3H3,(H2,23,26)(H2,24,27). The Hall–Kier alpha value is -2.60. The lowest BCUT2D eigenvalue weighted by Gasteiger charge is -2.38. The summed E-state index contributed by atoms with van der Waals surface area (Å²) < 4.78 is 5.59. The molecule has 1 aliphatic carbocycles. The lowest BCUT2D eigenvalue weighted by atomic mass is 9.68. The molecular formula is C22H30N4O2. The highest BCUT2D eigenvalue weighted by Gasteiger charge is 2.40. The van der Waals surface area contributed by atoms with Gasteiger partial charge in [0.05, 0.1) is 12.5 Å².